The highest BCUT2D eigenvalue weighted by Gasteiger charge is 2.31. The molecule has 0 bridgehead atoms. The van der Waals surface area contributed by atoms with Crippen LogP contribution < -0.4 is 0 Å². The summed E-state index contributed by atoms with van der Waals surface area (Å²) < 4.78 is 3.97. The second kappa shape index (κ2) is 5.90. The Kier molecular flexibility index (Phi) is 3.85. The number of halogens is 1. The molecule has 0 unspecified atom stereocenters. The Balaban J connectivity index is 1.66. The normalized spacial score (nSPS) is 18.8. The second-order valence-corrected chi connectivity index (χ2v) is 6.98. The van der Waals surface area contributed by atoms with Crippen LogP contribution in [0.2, 0.25) is 5.15 Å². The van der Waals surface area contributed by atoms with Crippen molar-refractivity contribution in [2.75, 3.05) is 6.54 Å². The lowest BCUT2D eigenvalue weighted by atomic mass is 10.1. The van der Waals surface area contributed by atoms with E-state index in [1.807, 2.05) is 20.0 Å². The van der Waals surface area contributed by atoms with E-state index >= 15 is 0 Å². The van der Waals surface area contributed by atoms with E-state index in [-0.39, 0.29) is 0 Å². The van der Waals surface area contributed by atoms with Crippen LogP contribution >= 0.6 is 11.6 Å². The first kappa shape index (κ1) is 15.7. The predicted octanol–water partition coefficient (Wildman–Crippen LogP) is 3.61. The lowest BCUT2D eigenvalue weighted by molar-refractivity contribution is 0.239. The second-order valence-electron chi connectivity index (χ2n) is 6.62. The fraction of sp³-hybridized carbons (Fsp3) is 0.444. The van der Waals surface area contributed by atoms with Gasteiger partial charge in [-0.25, -0.2) is 4.98 Å². The molecule has 2 aromatic heterocycles. The van der Waals surface area contributed by atoms with E-state index in [0.717, 1.165) is 41.7 Å². The zero-order chi connectivity index (χ0) is 16.8. The molecule has 0 saturated carbocycles. The number of aromatic nitrogens is 4. The van der Waals surface area contributed by atoms with Gasteiger partial charge in [-0.3, -0.25) is 9.58 Å². The van der Waals surface area contributed by atoms with Crippen LogP contribution in [0.3, 0.4) is 0 Å². The fourth-order valence-electron chi connectivity index (χ4n) is 3.89. The molecule has 1 fully saturated rings. The minimum atomic E-state index is 0.325. The Labute approximate surface area is 146 Å². The van der Waals surface area contributed by atoms with Gasteiger partial charge in [0, 0.05) is 25.7 Å². The lowest BCUT2D eigenvalue weighted by Crippen LogP contribution is -2.25. The van der Waals surface area contributed by atoms with Crippen molar-refractivity contribution in [1.29, 1.82) is 0 Å². The van der Waals surface area contributed by atoms with E-state index in [2.05, 4.69) is 39.8 Å². The van der Waals surface area contributed by atoms with E-state index in [0.29, 0.717) is 6.04 Å². The number of aryl methyl sites for hydroxylation is 3. The maximum absolute atomic E-state index is 6.51. The minimum Gasteiger partial charge on any atom is -0.330 e. The molecule has 0 N–H and O–H groups in total. The molecule has 1 aliphatic heterocycles. The van der Waals surface area contributed by atoms with Gasteiger partial charge < -0.3 is 4.57 Å². The van der Waals surface area contributed by atoms with E-state index in [9.17, 15) is 0 Å². The van der Waals surface area contributed by atoms with Gasteiger partial charge in [-0.1, -0.05) is 23.7 Å². The van der Waals surface area contributed by atoms with E-state index in [4.69, 9.17) is 16.6 Å². The first-order chi connectivity index (χ1) is 11.6. The average molecular weight is 344 g/mol. The number of rotatable bonds is 3. The SMILES string of the molecule is Cc1nn(C)c(Cl)c1[C@H]1CCCN1Cc1nc2ccccc2n1C. The first-order valence-electron chi connectivity index (χ1n) is 8.39. The third kappa shape index (κ3) is 2.43. The number of fused-ring (bicyclic) bond motifs is 1. The average Bonchev–Trinajstić information content (AvgIpc) is 3.20. The van der Waals surface area contributed by atoms with Gasteiger partial charge in [-0.05, 0) is 38.4 Å². The van der Waals surface area contributed by atoms with Gasteiger partial charge >= 0.3 is 0 Å². The molecule has 0 amide bonds. The summed E-state index contributed by atoms with van der Waals surface area (Å²) in [6.07, 6.45) is 2.30. The van der Waals surface area contributed by atoms with Gasteiger partial charge in [0.05, 0.1) is 23.3 Å². The number of imidazole rings is 1. The van der Waals surface area contributed by atoms with Gasteiger partial charge in [-0.2, -0.15) is 5.10 Å². The molecule has 4 rings (SSSR count). The van der Waals surface area contributed by atoms with Crippen LogP contribution in [0.5, 0.6) is 0 Å². The predicted molar refractivity (Wildman–Crippen MR) is 96.1 cm³/mol. The molecule has 0 aliphatic carbocycles. The molecular formula is C18H22ClN5. The Morgan fingerprint density at radius 1 is 1.25 bits per heavy atom. The van der Waals surface area contributed by atoms with Crippen LogP contribution in [0.4, 0.5) is 0 Å². The van der Waals surface area contributed by atoms with Crippen LogP contribution in [0.15, 0.2) is 24.3 Å². The maximum atomic E-state index is 6.51. The number of benzene rings is 1. The summed E-state index contributed by atoms with van der Waals surface area (Å²) in [5, 5.41) is 5.24. The Hall–Kier alpha value is -1.85. The van der Waals surface area contributed by atoms with Gasteiger partial charge in [0.2, 0.25) is 0 Å². The molecule has 3 aromatic rings. The number of nitrogens with zero attached hydrogens (tertiary/aromatic N) is 5. The fourth-order valence-corrected chi connectivity index (χ4v) is 4.19. The van der Waals surface area contributed by atoms with Crippen LogP contribution in [-0.4, -0.2) is 30.8 Å². The van der Waals surface area contributed by atoms with Gasteiger partial charge in [-0.15, -0.1) is 0 Å². The van der Waals surface area contributed by atoms with Crippen LogP contribution in [0.25, 0.3) is 11.0 Å². The highest BCUT2D eigenvalue weighted by molar-refractivity contribution is 6.30. The van der Waals surface area contributed by atoms with Gasteiger partial charge in [0.1, 0.15) is 11.0 Å². The quantitative estimate of drug-likeness (QED) is 0.729. The van der Waals surface area contributed by atoms with Crippen molar-refractivity contribution in [3.05, 3.63) is 46.5 Å². The maximum Gasteiger partial charge on any atom is 0.131 e. The van der Waals surface area contributed by atoms with E-state index in [1.54, 1.807) is 4.68 Å². The zero-order valence-electron chi connectivity index (χ0n) is 14.3. The summed E-state index contributed by atoms with van der Waals surface area (Å²) in [5.41, 5.74) is 4.44. The molecule has 6 heteroatoms. The number of hydrogen-bond donors (Lipinski definition) is 0. The summed E-state index contributed by atoms with van der Waals surface area (Å²) >= 11 is 6.51. The molecule has 1 aromatic carbocycles. The van der Waals surface area contributed by atoms with Crippen molar-refractivity contribution < 1.29 is 0 Å². The van der Waals surface area contributed by atoms with Crippen LogP contribution in [0, 0.1) is 6.92 Å². The number of para-hydroxylation sites is 2. The standard InChI is InChI=1S/C18H22ClN5/c1-12-17(18(19)23(3)21-12)15-9-6-10-24(15)11-16-20-13-7-4-5-8-14(13)22(16)2/h4-5,7-8,15H,6,9-11H2,1-3H3/t15-/m1/s1. The molecular weight excluding hydrogens is 322 g/mol. The highest BCUT2D eigenvalue weighted by Crippen LogP contribution is 2.38. The zero-order valence-corrected chi connectivity index (χ0v) is 15.1. The first-order valence-corrected chi connectivity index (χ1v) is 8.77. The summed E-state index contributed by atoms with van der Waals surface area (Å²) in [7, 11) is 4.00. The molecule has 1 atom stereocenters. The Morgan fingerprint density at radius 3 is 2.75 bits per heavy atom. The van der Waals surface area contributed by atoms with Gasteiger partial charge in [0.25, 0.3) is 0 Å². The molecule has 0 spiro atoms. The Morgan fingerprint density at radius 2 is 2.04 bits per heavy atom. The topological polar surface area (TPSA) is 38.9 Å². The largest absolute Gasteiger partial charge is 0.330 e. The minimum absolute atomic E-state index is 0.325. The van der Waals surface area contributed by atoms with Crippen molar-refractivity contribution in [3.8, 4) is 0 Å². The van der Waals surface area contributed by atoms with Crippen LogP contribution in [0.1, 0.15) is 36.0 Å². The highest BCUT2D eigenvalue weighted by atomic mass is 35.5. The molecule has 1 saturated heterocycles. The van der Waals surface area contributed by atoms with Crippen molar-refractivity contribution in [2.45, 2.75) is 32.4 Å². The lowest BCUT2D eigenvalue weighted by Gasteiger charge is -2.24. The molecule has 126 valence electrons. The Bertz CT molecular complexity index is 894. The summed E-state index contributed by atoms with van der Waals surface area (Å²) in [6.45, 7) is 3.95. The van der Waals surface area contributed by atoms with Gasteiger partial charge in [0.15, 0.2) is 0 Å². The summed E-state index contributed by atoms with van der Waals surface area (Å²) in [6, 6.07) is 8.62. The molecule has 5 nitrogen and oxygen atoms in total. The molecule has 1 aliphatic rings. The molecule has 0 radical (unpaired) electrons. The van der Waals surface area contributed by atoms with Crippen LogP contribution in [-0.2, 0) is 20.6 Å². The summed E-state index contributed by atoms with van der Waals surface area (Å²) in [5.74, 6) is 1.10. The monoisotopic (exact) mass is 343 g/mol. The molecule has 3 heterocycles. The van der Waals surface area contributed by atoms with Crippen molar-refractivity contribution in [2.24, 2.45) is 14.1 Å². The van der Waals surface area contributed by atoms with E-state index in [1.165, 1.54) is 17.5 Å². The number of hydrogen-bond acceptors (Lipinski definition) is 3. The smallest absolute Gasteiger partial charge is 0.131 e. The van der Waals surface area contributed by atoms with Crippen molar-refractivity contribution in [3.63, 3.8) is 0 Å². The third-order valence-corrected chi connectivity index (χ3v) is 5.57. The number of likely N-dealkylation sites (tertiary alicyclic amines) is 1. The summed E-state index contributed by atoms with van der Waals surface area (Å²) in [4.78, 5) is 7.30. The third-order valence-electron chi connectivity index (χ3n) is 5.12. The van der Waals surface area contributed by atoms with Crippen molar-refractivity contribution >= 4 is 22.6 Å². The van der Waals surface area contributed by atoms with E-state index < -0.39 is 0 Å². The van der Waals surface area contributed by atoms with Crippen molar-refractivity contribution in [1.82, 2.24) is 24.2 Å². The molecule has 24 heavy (non-hydrogen) atoms.